The maximum atomic E-state index is 11.5. The van der Waals surface area contributed by atoms with E-state index in [4.69, 9.17) is 19.4 Å². The number of nitrogens with zero attached hydrogens (tertiary/aromatic N) is 4. The van der Waals surface area contributed by atoms with Gasteiger partial charge in [-0.1, -0.05) is 114 Å². The van der Waals surface area contributed by atoms with Gasteiger partial charge in [0.1, 0.15) is 0 Å². The topological polar surface area (TPSA) is 164 Å². The van der Waals surface area contributed by atoms with Crippen LogP contribution in [0, 0.1) is 11.8 Å². The van der Waals surface area contributed by atoms with Gasteiger partial charge in [0, 0.05) is 31.1 Å². The van der Waals surface area contributed by atoms with Crippen molar-refractivity contribution in [1.82, 2.24) is 25.8 Å². The zero-order valence-electron chi connectivity index (χ0n) is 26.3. The quantitative estimate of drug-likeness (QED) is 0.131. The first-order valence-electron chi connectivity index (χ1n) is 16.7. The summed E-state index contributed by atoms with van der Waals surface area (Å²) in [4.78, 5) is 31.2. The van der Waals surface area contributed by atoms with Crippen molar-refractivity contribution in [2.75, 3.05) is 0 Å². The van der Waals surface area contributed by atoms with E-state index in [0.29, 0.717) is 36.3 Å². The summed E-state index contributed by atoms with van der Waals surface area (Å²) >= 11 is 0. The molecule has 11 heteroatoms. The number of rotatable bonds is 16. The van der Waals surface area contributed by atoms with Crippen molar-refractivity contribution in [2.24, 2.45) is 11.8 Å². The Balaban J connectivity index is 0.000000236. The van der Waals surface area contributed by atoms with Gasteiger partial charge >= 0.3 is 5.97 Å². The highest BCUT2D eigenvalue weighted by molar-refractivity contribution is 5.75. The van der Waals surface area contributed by atoms with Gasteiger partial charge in [-0.3, -0.25) is 14.8 Å². The Morgan fingerprint density at radius 2 is 1.21 bits per heavy atom. The molecule has 2 fully saturated rings. The minimum atomic E-state index is -0.797. The molecule has 2 aromatic rings. The summed E-state index contributed by atoms with van der Waals surface area (Å²) in [5, 5.41) is 25.6. The minimum Gasteiger partial charge on any atom is -0.481 e. The fourth-order valence-corrected chi connectivity index (χ4v) is 6.52. The summed E-state index contributed by atoms with van der Waals surface area (Å²) in [6.07, 6.45) is 21.4. The van der Waals surface area contributed by atoms with Crippen molar-refractivity contribution in [2.45, 2.75) is 154 Å². The molecule has 2 heterocycles. The number of hydrogen-bond acceptors (Lipinski definition) is 9. The highest BCUT2D eigenvalue weighted by Crippen LogP contribution is 2.32. The molecule has 1 amide bonds. The van der Waals surface area contributed by atoms with Crippen LogP contribution in [0.1, 0.15) is 165 Å². The van der Waals surface area contributed by atoms with Crippen LogP contribution >= 0.6 is 0 Å². The number of aliphatic carboxylic acids is 1. The normalized spacial score (nSPS) is 17.6. The molecule has 242 valence electrons. The van der Waals surface area contributed by atoms with E-state index in [2.05, 4.69) is 20.3 Å². The first-order chi connectivity index (χ1) is 20.9. The maximum absolute atomic E-state index is 11.5. The number of carbonyl (C=O) groups excluding carboxylic acids is 1. The summed E-state index contributed by atoms with van der Waals surface area (Å²) in [5.74, 6) is 2.55. The van der Waals surface area contributed by atoms with E-state index in [1.807, 2.05) is 13.8 Å². The van der Waals surface area contributed by atoms with E-state index in [9.17, 15) is 9.59 Å². The second-order valence-corrected chi connectivity index (χ2v) is 12.4. The molecule has 0 aliphatic heterocycles. The second-order valence-electron chi connectivity index (χ2n) is 12.4. The molecule has 0 spiro atoms. The van der Waals surface area contributed by atoms with Gasteiger partial charge in [-0.2, -0.15) is 9.97 Å². The third kappa shape index (κ3) is 12.7. The highest BCUT2D eigenvalue weighted by atomic mass is 16.5. The van der Waals surface area contributed by atoms with E-state index < -0.39 is 11.9 Å². The van der Waals surface area contributed by atoms with Crippen LogP contribution in [0.3, 0.4) is 0 Å². The van der Waals surface area contributed by atoms with E-state index in [0.717, 1.165) is 37.5 Å². The molecule has 0 bridgehead atoms. The molecule has 0 aromatic carbocycles. The number of aryl methyl sites for hydroxylation is 2. The SMILES string of the molecule is CCc1noc([C@H](CCCC2CCCCC2)CC(=O)NO)n1.CCc1noc([C@H](CCCC2CCCCC2)CC(=O)O)n1. The number of nitrogens with one attached hydrogen (secondary N) is 1. The van der Waals surface area contributed by atoms with Gasteiger partial charge in [-0.15, -0.1) is 0 Å². The lowest BCUT2D eigenvalue weighted by molar-refractivity contribution is -0.137. The van der Waals surface area contributed by atoms with Crippen molar-refractivity contribution >= 4 is 11.9 Å². The third-order valence-electron chi connectivity index (χ3n) is 9.06. The number of hydroxylamine groups is 1. The number of hydrogen-bond donors (Lipinski definition) is 3. The number of carbonyl (C=O) groups is 2. The van der Waals surface area contributed by atoms with Crippen molar-refractivity contribution in [3.63, 3.8) is 0 Å². The third-order valence-corrected chi connectivity index (χ3v) is 9.06. The van der Waals surface area contributed by atoms with E-state index in [1.54, 1.807) is 5.48 Å². The van der Waals surface area contributed by atoms with Gasteiger partial charge in [-0.05, 0) is 24.7 Å². The number of amides is 1. The Kier molecular flexibility index (Phi) is 15.7. The highest BCUT2D eigenvalue weighted by Gasteiger charge is 2.24. The summed E-state index contributed by atoms with van der Waals surface area (Å²) in [5.41, 5.74) is 1.70. The van der Waals surface area contributed by atoms with Crippen LogP contribution in [0.2, 0.25) is 0 Å². The fourth-order valence-electron chi connectivity index (χ4n) is 6.52. The maximum Gasteiger partial charge on any atom is 0.304 e. The molecular weight excluding hydrogens is 550 g/mol. The van der Waals surface area contributed by atoms with Gasteiger partial charge in [0.2, 0.25) is 17.7 Å². The average molecular weight is 604 g/mol. The molecule has 0 saturated heterocycles. The lowest BCUT2D eigenvalue weighted by Crippen LogP contribution is -2.21. The predicted molar refractivity (Wildman–Crippen MR) is 160 cm³/mol. The van der Waals surface area contributed by atoms with Crippen molar-refractivity contribution in [1.29, 1.82) is 0 Å². The van der Waals surface area contributed by atoms with Crippen LogP contribution in [-0.2, 0) is 22.4 Å². The van der Waals surface area contributed by atoms with Crippen molar-refractivity contribution in [3.05, 3.63) is 23.4 Å². The van der Waals surface area contributed by atoms with Crippen LogP contribution in [0.4, 0.5) is 0 Å². The summed E-state index contributed by atoms with van der Waals surface area (Å²) in [6, 6.07) is 0. The van der Waals surface area contributed by atoms with Gasteiger partial charge in [0.05, 0.1) is 6.42 Å². The number of aromatic nitrogens is 4. The van der Waals surface area contributed by atoms with Gasteiger partial charge < -0.3 is 14.2 Å². The number of carboxylic acids is 1. The van der Waals surface area contributed by atoms with Crippen LogP contribution in [0.5, 0.6) is 0 Å². The monoisotopic (exact) mass is 603 g/mol. The minimum absolute atomic E-state index is 0.0794. The molecule has 2 atom stereocenters. The van der Waals surface area contributed by atoms with Gasteiger partial charge in [0.15, 0.2) is 11.6 Å². The van der Waals surface area contributed by atoms with Crippen LogP contribution in [0.15, 0.2) is 9.05 Å². The van der Waals surface area contributed by atoms with Crippen LogP contribution in [-0.4, -0.2) is 42.5 Å². The largest absolute Gasteiger partial charge is 0.481 e. The molecule has 2 aliphatic rings. The average Bonchev–Trinajstić information content (AvgIpc) is 3.71. The van der Waals surface area contributed by atoms with E-state index >= 15 is 0 Å². The van der Waals surface area contributed by atoms with Crippen LogP contribution < -0.4 is 5.48 Å². The summed E-state index contributed by atoms with van der Waals surface area (Å²) in [6.45, 7) is 3.93. The molecule has 0 unspecified atom stereocenters. The molecule has 11 nitrogen and oxygen atoms in total. The smallest absolute Gasteiger partial charge is 0.304 e. The standard InChI is InChI=1S/C16H27N3O3.C16H26N2O3/c1-2-14-17-16(22-19-14)13(11-15(20)18-21)10-6-9-12-7-4-3-5-8-12;1-2-14-17-16(21-18-14)13(11-15(19)20)10-6-9-12-7-4-3-5-8-12/h12-13,21H,2-11H2,1H3,(H,18,20);12-13H,2-11H2,1H3,(H,19,20)/t2*13-/m11/s1. The van der Waals surface area contributed by atoms with Crippen molar-refractivity contribution in [3.8, 4) is 0 Å². The Morgan fingerprint density at radius 1 is 0.767 bits per heavy atom. The lowest BCUT2D eigenvalue weighted by atomic mass is 9.84. The second kappa shape index (κ2) is 19.5. The van der Waals surface area contributed by atoms with E-state index in [-0.39, 0.29) is 24.7 Å². The molecule has 43 heavy (non-hydrogen) atoms. The summed E-state index contributed by atoms with van der Waals surface area (Å²) in [7, 11) is 0. The Hall–Kier alpha value is -2.82. The zero-order chi connectivity index (χ0) is 30.9. The molecule has 4 rings (SSSR count). The molecule has 0 radical (unpaired) electrons. The van der Waals surface area contributed by atoms with Gasteiger partial charge in [-0.25, -0.2) is 5.48 Å². The number of carboxylic acid groups (broad SMARTS) is 1. The fraction of sp³-hybridized carbons (Fsp3) is 0.812. The van der Waals surface area contributed by atoms with Crippen LogP contribution in [0.25, 0.3) is 0 Å². The predicted octanol–water partition coefficient (Wildman–Crippen LogP) is 7.30. The molecular formula is C32H53N5O6. The summed E-state index contributed by atoms with van der Waals surface area (Å²) < 4.78 is 10.5. The van der Waals surface area contributed by atoms with Gasteiger partial charge in [0.25, 0.3) is 0 Å². The zero-order valence-corrected chi connectivity index (χ0v) is 26.3. The lowest BCUT2D eigenvalue weighted by Gasteiger charge is -2.22. The Bertz CT molecular complexity index is 1060. The van der Waals surface area contributed by atoms with Crippen molar-refractivity contribution < 1.29 is 28.9 Å². The molecule has 2 aliphatic carbocycles. The first-order valence-corrected chi connectivity index (χ1v) is 16.7. The Morgan fingerprint density at radius 3 is 1.58 bits per heavy atom. The molecule has 2 aromatic heterocycles. The van der Waals surface area contributed by atoms with E-state index in [1.165, 1.54) is 77.0 Å². The molecule has 2 saturated carbocycles. The molecule has 3 N–H and O–H groups in total. The Labute approximate surface area is 255 Å². The first kappa shape index (κ1) is 34.7.